The van der Waals surface area contributed by atoms with Gasteiger partial charge in [0.15, 0.2) is 0 Å². The third-order valence-electron chi connectivity index (χ3n) is 1.80. The summed E-state index contributed by atoms with van der Waals surface area (Å²) in [7, 11) is 1.67. The van der Waals surface area contributed by atoms with Crippen molar-refractivity contribution in [1.82, 2.24) is 5.01 Å². The average molecular weight is 257 g/mol. The number of nitrogens with zero attached hydrogens (tertiary/aromatic N) is 2. The normalized spacial score (nSPS) is 9.88. The third-order valence-corrected chi connectivity index (χ3v) is 3.45. The quantitative estimate of drug-likeness (QED) is 0.386. The molecule has 0 spiro atoms. The van der Waals surface area contributed by atoms with Crippen LogP contribution in [0.4, 0.5) is 5.69 Å². The van der Waals surface area contributed by atoms with Gasteiger partial charge in [-0.3, -0.25) is 15.1 Å². The Bertz CT molecular complexity index is 392. The van der Waals surface area contributed by atoms with Crippen molar-refractivity contribution >= 4 is 34.0 Å². The highest BCUT2D eigenvalue weighted by Crippen LogP contribution is 2.18. The predicted octanol–water partition coefficient (Wildman–Crippen LogP) is 1.92. The first-order valence-electron chi connectivity index (χ1n) is 4.39. The molecule has 16 heavy (non-hydrogen) atoms. The second-order valence-electron chi connectivity index (χ2n) is 3.09. The van der Waals surface area contributed by atoms with E-state index in [2.05, 4.69) is 0 Å². The molecule has 1 aromatic rings. The van der Waals surface area contributed by atoms with E-state index in [0.717, 1.165) is 5.56 Å². The highest BCUT2D eigenvalue weighted by molar-refractivity contribution is 8.22. The maximum absolute atomic E-state index is 10.4. The molecule has 0 saturated carbocycles. The van der Waals surface area contributed by atoms with E-state index in [0.29, 0.717) is 10.1 Å². The maximum Gasteiger partial charge on any atom is 0.269 e. The van der Waals surface area contributed by atoms with Crippen molar-refractivity contribution in [3.8, 4) is 0 Å². The minimum Gasteiger partial charge on any atom is -0.299 e. The molecule has 0 fully saturated rings. The second-order valence-corrected chi connectivity index (χ2v) is 4.70. The van der Waals surface area contributed by atoms with Gasteiger partial charge in [0.2, 0.25) is 0 Å². The molecule has 0 heterocycles. The molecule has 0 aliphatic carbocycles. The lowest BCUT2D eigenvalue weighted by atomic mass is 10.2. The van der Waals surface area contributed by atoms with Crippen molar-refractivity contribution < 1.29 is 4.92 Å². The van der Waals surface area contributed by atoms with Gasteiger partial charge in [0.05, 0.1) is 4.92 Å². The zero-order chi connectivity index (χ0) is 12.1. The van der Waals surface area contributed by atoms with E-state index in [1.165, 1.54) is 28.9 Å². The van der Waals surface area contributed by atoms with Gasteiger partial charge in [-0.2, -0.15) is 0 Å². The number of non-ortho nitro benzene ring substituents is 1. The lowest BCUT2D eigenvalue weighted by Gasteiger charge is -2.11. The Kier molecular flexibility index (Phi) is 4.66. The number of benzene rings is 1. The maximum atomic E-state index is 10.4. The number of nitro benzene ring substituents is 1. The van der Waals surface area contributed by atoms with Crippen molar-refractivity contribution in [3.05, 3.63) is 39.9 Å². The van der Waals surface area contributed by atoms with E-state index in [1.807, 2.05) is 0 Å². The molecule has 1 aromatic carbocycles. The van der Waals surface area contributed by atoms with Crippen LogP contribution < -0.4 is 5.84 Å². The van der Waals surface area contributed by atoms with E-state index >= 15 is 0 Å². The van der Waals surface area contributed by atoms with Gasteiger partial charge < -0.3 is 0 Å². The summed E-state index contributed by atoms with van der Waals surface area (Å²) < 4.78 is 0.582. The molecule has 86 valence electrons. The summed E-state index contributed by atoms with van der Waals surface area (Å²) in [5, 5.41) is 11.8. The Hall–Kier alpha value is -1.18. The molecule has 0 bridgehead atoms. The van der Waals surface area contributed by atoms with E-state index in [9.17, 15) is 10.1 Å². The fourth-order valence-corrected chi connectivity index (χ4v) is 1.82. The van der Waals surface area contributed by atoms with Gasteiger partial charge in [0.1, 0.15) is 4.32 Å². The van der Waals surface area contributed by atoms with Crippen LogP contribution in [0, 0.1) is 10.1 Å². The number of thioether (sulfide) groups is 1. The van der Waals surface area contributed by atoms with Crippen LogP contribution in [-0.4, -0.2) is 21.3 Å². The summed E-state index contributed by atoms with van der Waals surface area (Å²) in [5.74, 6) is 6.10. The summed E-state index contributed by atoms with van der Waals surface area (Å²) in [6, 6.07) is 6.38. The van der Waals surface area contributed by atoms with Crippen molar-refractivity contribution in [2.75, 3.05) is 7.05 Å². The molecule has 2 N–H and O–H groups in total. The first-order chi connectivity index (χ1) is 7.50. The first-order valence-corrected chi connectivity index (χ1v) is 5.78. The van der Waals surface area contributed by atoms with Crippen LogP contribution in [0.15, 0.2) is 24.3 Å². The molecular weight excluding hydrogens is 246 g/mol. The second kappa shape index (κ2) is 5.78. The largest absolute Gasteiger partial charge is 0.299 e. The Balaban J connectivity index is 2.56. The number of hydrazine groups is 1. The standard InChI is InChI=1S/C9H11N3O2S2/c1-11(10)9(15)16-6-7-2-4-8(5-3-7)12(13)14/h2-5H,6,10H2,1H3. The lowest BCUT2D eigenvalue weighted by Crippen LogP contribution is -2.29. The Labute approximate surface area is 103 Å². The minimum atomic E-state index is -0.421. The number of rotatable bonds is 3. The van der Waals surface area contributed by atoms with Crippen LogP contribution in [0.1, 0.15) is 5.56 Å². The zero-order valence-corrected chi connectivity index (χ0v) is 10.3. The van der Waals surface area contributed by atoms with Crippen molar-refractivity contribution in [3.63, 3.8) is 0 Å². The molecule has 5 nitrogen and oxygen atoms in total. The molecule has 0 saturated heterocycles. The smallest absolute Gasteiger partial charge is 0.269 e. The SMILES string of the molecule is CN(N)C(=S)SCc1ccc([N+](=O)[O-])cc1. The lowest BCUT2D eigenvalue weighted by molar-refractivity contribution is -0.384. The third kappa shape index (κ3) is 3.76. The topological polar surface area (TPSA) is 72.4 Å². The van der Waals surface area contributed by atoms with Crippen LogP contribution >= 0.6 is 24.0 Å². The molecule has 0 atom stereocenters. The number of nitro groups is 1. The Morgan fingerprint density at radius 1 is 1.56 bits per heavy atom. The average Bonchev–Trinajstić information content (AvgIpc) is 2.26. The van der Waals surface area contributed by atoms with Crippen molar-refractivity contribution in [1.29, 1.82) is 0 Å². The molecular formula is C9H11N3O2S2. The summed E-state index contributed by atoms with van der Waals surface area (Å²) >= 11 is 6.41. The summed E-state index contributed by atoms with van der Waals surface area (Å²) in [5.41, 5.74) is 1.06. The van der Waals surface area contributed by atoms with Gasteiger partial charge in [0, 0.05) is 24.9 Å². The molecule has 0 aromatic heterocycles. The molecule has 0 aliphatic rings. The van der Waals surface area contributed by atoms with Crippen LogP contribution in [0.5, 0.6) is 0 Å². The summed E-state index contributed by atoms with van der Waals surface area (Å²) in [6.07, 6.45) is 0. The Morgan fingerprint density at radius 3 is 2.56 bits per heavy atom. The van der Waals surface area contributed by atoms with Crippen LogP contribution in [-0.2, 0) is 5.75 Å². The fourth-order valence-electron chi connectivity index (χ4n) is 0.961. The van der Waals surface area contributed by atoms with Gasteiger partial charge in [-0.1, -0.05) is 36.1 Å². The van der Waals surface area contributed by atoms with Crippen LogP contribution in [0.25, 0.3) is 0 Å². The molecule has 7 heteroatoms. The van der Waals surface area contributed by atoms with Crippen molar-refractivity contribution in [2.45, 2.75) is 5.75 Å². The zero-order valence-electron chi connectivity index (χ0n) is 8.62. The highest BCUT2D eigenvalue weighted by Gasteiger charge is 2.05. The van der Waals surface area contributed by atoms with E-state index in [4.69, 9.17) is 18.1 Å². The van der Waals surface area contributed by atoms with Gasteiger partial charge >= 0.3 is 0 Å². The molecule has 0 aliphatic heterocycles. The summed E-state index contributed by atoms with van der Waals surface area (Å²) in [6.45, 7) is 0. The molecule has 1 rings (SSSR count). The molecule has 0 amide bonds. The monoisotopic (exact) mass is 257 g/mol. The highest BCUT2D eigenvalue weighted by atomic mass is 32.2. The van der Waals surface area contributed by atoms with E-state index in [1.54, 1.807) is 19.2 Å². The number of hydrogen-bond acceptors (Lipinski definition) is 5. The van der Waals surface area contributed by atoms with E-state index < -0.39 is 4.92 Å². The first kappa shape index (κ1) is 12.9. The van der Waals surface area contributed by atoms with Gasteiger partial charge in [-0.15, -0.1) is 0 Å². The number of nitrogens with two attached hydrogens (primary N) is 1. The molecule has 0 radical (unpaired) electrons. The van der Waals surface area contributed by atoms with E-state index in [-0.39, 0.29) is 5.69 Å². The Morgan fingerprint density at radius 2 is 2.12 bits per heavy atom. The number of hydrogen-bond donors (Lipinski definition) is 1. The van der Waals surface area contributed by atoms with Gasteiger partial charge in [0.25, 0.3) is 5.69 Å². The van der Waals surface area contributed by atoms with Gasteiger partial charge in [-0.25, -0.2) is 5.84 Å². The van der Waals surface area contributed by atoms with Crippen molar-refractivity contribution in [2.24, 2.45) is 5.84 Å². The van der Waals surface area contributed by atoms with Crippen LogP contribution in [0.3, 0.4) is 0 Å². The van der Waals surface area contributed by atoms with Gasteiger partial charge in [-0.05, 0) is 5.56 Å². The minimum absolute atomic E-state index is 0.0901. The number of thiocarbonyl (C=S) groups is 1. The van der Waals surface area contributed by atoms with Crippen LogP contribution in [0.2, 0.25) is 0 Å². The fraction of sp³-hybridized carbons (Fsp3) is 0.222. The summed E-state index contributed by atoms with van der Waals surface area (Å²) in [4.78, 5) is 10.0. The predicted molar refractivity (Wildman–Crippen MR) is 68.9 cm³/mol. The molecule has 0 unspecified atom stereocenters.